The Morgan fingerprint density at radius 3 is 1.62 bits per heavy atom. The van der Waals surface area contributed by atoms with Gasteiger partial charge in [0.05, 0.1) is 66.1 Å². The van der Waals surface area contributed by atoms with Gasteiger partial charge in [0.1, 0.15) is 19.0 Å². The smallest absolute Gasteiger partial charge is 0.305 e. The molecule has 0 saturated heterocycles. The van der Waals surface area contributed by atoms with Gasteiger partial charge in [-0.1, -0.05) is 26.2 Å². The lowest BCUT2D eigenvalue weighted by Crippen LogP contribution is -2.15. The summed E-state index contributed by atoms with van der Waals surface area (Å²) in [4.78, 5) is 11.5. The van der Waals surface area contributed by atoms with E-state index in [9.17, 15) is 4.79 Å². The Morgan fingerprint density at radius 1 is 0.647 bits per heavy atom. The van der Waals surface area contributed by atoms with Crippen molar-refractivity contribution in [2.24, 2.45) is 0 Å². The summed E-state index contributed by atoms with van der Waals surface area (Å²) in [5.41, 5.74) is 6.33. The fourth-order valence-electron chi connectivity index (χ4n) is 2.75. The van der Waals surface area contributed by atoms with Crippen LogP contribution < -0.4 is 10.5 Å². The highest BCUT2D eigenvalue weighted by atomic mass is 16.6. The van der Waals surface area contributed by atoms with Crippen LogP contribution in [0.5, 0.6) is 5.75 Å². The number of ether oxygens (including phenoxy) is 7. The molecule has 0 atom stereocenters. The third kappa shape index (κ3) is 19.5. The number of carbonyl (C=O) groups excluding carboxylic acids is 1. The van der Waals surface area contributed by atoms with Gasteiger partial charge in [0.15, 0.2) is 0 Å². The summed E-state index contributed by atoms with van der Waals surface area (Å²) in [6, 6.07) is 7.25. The molecule has 0 spiro atoms. The lowest BCUT2D eigenvalue weighted by atomic mass is 10.2. The van der Waals surface area contributed by atoms with Gasteiger partial charge in [0, 0.05) is 12.1 Å². The van der Waals surface area contributed by atoms with Crippen LogP contribution in [0.1, 0.15) is 39.0 Å². The molecule has 0 aliphatic rings. The molecule has 34 heavy (non-hydrogen) atoms. The van der Waals surface area contributed by atoms with Crippen molar-refractivity contribution in [2.75, 3.05) is 85.0 Å². The number of carbonyl (C=O) groups is 1. The SMILES string of the molecule is CCCCCCC(=O)OCCOCCOCCOCCOCCOCCOc1ccc(N)cc1. The molecule has 2 N–H and O–H groups in total. The highest BCUT2D eigenvalue weighted by Gasteiger charge is 2.02. The van der Waals surface area contributed by atoms with E-state index < -0.39 is 0 Å². The van der Waals surface area contributed by atoms with Crippen molar-refractivity contribution >= 4 is 11.7 Å². The minimum Gasteiger partial charge on any atom is -0.491 e. The Kier molecular flexibility index (Phi) is 20.3. The molecule has 1 aromatic rings. The van der Waals surface area contributed by atoms with E-state index in [0.29, 0.717) is 84.8 Å². The predicted molar refractivity (Wildman–Crippen MR) is 130 cm³/mol. The van der Waals surface area contributed by atoms with Crippen LogP contribution in [0.2, 0.25) is 0 Å². The molecular weight excluding hydrogens is 442 g/mol. The van der Waals surface area contributed by atoms with E-state index in [-0.39, 0.29) is 12.6 Å². The molecule has 0 aliphatic carbocycles. The van der Waals surface area contributed by atoms with Gasteiger partial charge in [0.2, 0.25) is 0 Å². The predicted octanol–water partition coefficient (Wildman–Crippen LogP) is 3.24. The fraction of sp³-hybridized carbons (Fsp3) is 0.720. The number of nitrogens with two attached hydrogens (primary N) is 1. The second kappa shape index (κ2) is 22.9. The first-order valence-corrected chi connectivity index (χ1v) is 12.2. The van der Waals surface area contributed by atoms with Crippen LogP contribution in [0.25, 0.3) is 0 Å². The minimum absolute atomic E-state index is 0.148. The quantitative estimate of drug-likeness (QED) is 0.134. The van der Waals surface area contributed by atoms with Crippen molar-refractivity contribution in [1.29, 1.82) is 0 Å². The third-order valence-corrected chi connectivity index (χ3v) is 4.59. The highest BCUT2D eigenvalue weighted by Crippen LogP contribution is 2.12. The number of esters is 1. The molecular formula is C25H43NO8. The number of rotatable bonds is 24. The molecule has 0 aliphatic heterocycles. The van der Waals surface area contributed by atoms with Crippen molar-refractivity contribution in [2.45, 2.75) is 39.0 Å². The molecule has 0 heterocycles. The maximum Gasteiger partial charge on any atom is 0.305 e. The monoisotopic (exact) mass is 485 g/mol. The molecule has 1 aromatic carbocycles. The number of anilines is 1. The van der Waals surface area contributed by atoms with Crippen LogP contribution in [0.4, 0.5) is 5.69 Å². The van der Waals surface area contributed by atoms with Crippen LogP contribution in [0.3, 0.4) is 0 Å². The second-order valence-corrected chi connectivity index (χ2v) is 7.51. The molecule has 0 radical (unpaired) electrons. The number of hydrogen-bond acceptors (Lipinski definition) is 9. The normalized spacial score (nSPS) is 11.0. The molecule has 0 saturated carbocycles. The Bertz CT molecular complexity index is 585. The lowest BCUT2D eigenvalue weighted by Gasteiger charge is -2.09. The average molecular weight is 486 g/mol. The highest BCUT2D eigenvalue weighted by molar-refractivity contribution is 5.69. The van der Waals surface area contributed by atoms with Crippen molar-refractivity contribution < 1.29 is 38.0 Å². The van der Waals surface area contributed by atoms with E-state index in [1.54, 1.807) is 12.1 Å². The topological polar surface area (TPSA) is 108 Å². The zero-order valence-electron chi connectivity index (χ0n) is 20.7. The molecule has 0 bridgehead atoms. The summed E-state index contributed by atoms with van der Waals surface area (Å²) in [7, 11) is 0. The van der Waals surface area contributed by atoms with Gasteiger partial charge in [-0.3, -0.25) is 4.79 Å². The zero-order chi connectivity index (χ0) is 24.5. The van der Waals surface area contributed by atoms with Gasteiger partial charge >= 0.3 is 5.97 Å². The van der Waals surface area contributed by atoms with Crippen molar-refractivity contribution in [1.82, 2.24) is 0 Å². The summed E-state index contributed by atoms with van der Waals surface area (Å²) in [5.74, 6) is 0.624. The number of nitrogen functional groups attached to an aromatic ring is 1. The van der Waals surface area contributed by atoms with E-state index in [2.05, 4.69) is 6.92 Å². The zero-order valence-corrected chi connectivity index (χ0v) is 20.7. The average Bonchev–Trinajstić information content (AvgIpc) is 2.84. The lowest BCUT2D eigenvalue weighted by molar-refractivity contribution is -0.145. The van der Waals surface area contributed by atoms with Crippen molar-refractivity contribution in [3.05, 3.63) is 24.3 Å². The number of unbranched alkanes of at least 4 members (excludes halogenated alkanes) is 3. The van der Waals surface area contributed by atoms with Crippen molar-refractivity contribution in [3.8, 4) is 5.75 Å². The Balaban J connectivity index is 1.70. The summed E-state index contributed by atoms with van der Waals surface area (Å²) in [5, 5.41) is 0. The molecule has 9 heteroatoms. The Labute approximate surface area is 204 Å². The van der Waals surface area contributed by atoms with Crippen LogP contribution >= 0.6 is 0 Å². The van der Waals surface area contributed by atoms with Gasteiger partial charge in [-0.15, -0.1) is 0 Å². The first-order chi connectivity index (χ1) is 16.7. The van der Waals surface area contributed by atoms with Crippen LogP contribution in [0, 0.1) is 0 Å². The molecule has 0 unspecified atom stereocenters. The maximum atomic E-state index is 11.5. The maximum absolute atomic E-state index is 11.5. The second-order valence-electron chi connectivity index (χ2n) is 7.51. The third-order valence-electron chi connectivity index (χ3n) is 4.59. The van der Waals surface area contributed by atoms with Gasteiger partial charge in [0.25, 0.3) is 0 Å². The van der Waals surface area contributed by atoms with E-state index in [1.807, 2.05) is 12.1 Å². The van der Waals surface area contributed by atoms with Crippen LogP contribution in [0.15, 0.2) is 24.3 Å². The van der Waals surface area contributed by atoms with E-state index in [0.717, 1.165) is 31.4 Å². The van der Waals surface area contributed by atoms with E-state index in [1.165, 1.54) is 0 Å². The summed E-state index contributed by atoms with van der Waals surface area (Å²) >= 11 is 0. The Morgan fingerprint density at radius 2 is 1.12 bits per heavy atom. The first kappa shape index (κ1) is 30.1. The number of benzene rings is 1. The molecule has 0 amide bonds. The van der Waals surface area contributed by atoms with E-state index in [4.69, 9.17) is 38.9 Å². The van der Waals surface area contributed by atoms with Gasteiger partial charge in [-0.05, 0) is 30.7 Å². The molecule has 1 rings (SSSR count). The molecule has 0 aromatic heterocycles. The van der Waals surface area contributed by atoms with Crippen LogP contribution in [-0.2, 0) is 33.2 Å². The Hall–Kier alpha value is -1.91. The van der Waals surface area contributed by atoms with E-state index >= 15 is 0 Å². The van der Waals surface area contributed by atoms with Crippen LogP contribution in [-0.4, -0.2) is 85.3 Å². The minimum atomic E-state index is -0.148. The summed E-state index contributed by atoms with van der Waals surface area (Å²) in [6.45, 7) is 7.74. The molecule has 196 valence electrons. The summed E-state index contributed by atoms with van der Waals surface area (Å²) < 4.78 is 37.8. The molecule has 0 fully saturated rings. The standard InChI is InChI=1S/C25H43NO8/c1-2-3-4-5-6-25(27)34-22-20-32-18-16-30-14-12-28-11-13-29-15-17-31-19-21-33-24-9-7-23(26)8-10-24/h7-10H,2-6,11-22,26H2,1H3. The number of hydrogen-bond donors (Lipinski definition) is 1. The largest absolute Gasteiger partial charge is 0.491 e. The van der Waals surface area contributed by atoms with Gasteiger partial charge in [-0.25, -0.2) is 0 Å². The van der Waals surface area contributed by atoms with Crippen molar-refractivity contribution in [3.63, 3.8) is 0 Å². The van der Waals surface area contributed by atoms with Gasteiger partial charge < -0.3 is 38.9 Å². The fourth-order valence-corrected chi connectivity index (χ4v) is 2.75. The first-order valence-electron chi connectivity index (χ1n) is 12.2. The molecule has 9 nitrogen and oxygen atoms in total. The summed E-state index contributed by atoms with van der Waals surface area (Å²) in [6.07, 6.45) is 4.78. The van der Waals surface area contributed by atoms with Gasteiger partial charge in [-0.2, -0.15) is 0 Å².